The molecular formula is C18H25O3P. The Morgan fingerprint density at radius 1 is 0.818 bits per heavy atom. The summed E-state index contributed by atoms with van der Waals surface area (Å²) in [6.07, 6.45) is 4.26. The first-order chi connectivity index (χ1) is 10.8. The maximum Gasteiger partial charge on any atom is 0.397 e. The fourth-order valence-corrected chi connectivity index (χ4v) is 2.99. The molecule has 0 fully saturated rings. The summed E-state index contributed by atoms with van der Waals surface area (Å²) in [7, 11) is -1.32. The molecule has 0 unspecified atom stereocenters. The molecule has 0 N–H and O–H groups in total. The molecule has 0 spiro atoms. The van der Waals surface area contributed by atoms with Crippen LogP contribution in [0.4, 0.5) is 0 Å². The SMILES string of the molecule is CCCCOP(OCCCC)Oc1ccc2ccccc2c1. The molecule has 4 heteroatoms. The van der Waals surface area contributed by atoms with Gasteiger partial charge in [-0.15, -0.1) is 0 Å². The van der Waals surface area contributed by atoms with Crippen LogP contribution in [0.15, 0.2) is 42.5 Å². The minimum atomic E-state index is -1.32. The topological polar surface area (TPSA) is 27.7 Å². The van der Waals surface area contributed by atoms with E-state index in [0.717, 1.165) is 36.8 Å². The third-order valence-electron chi connectivity index (χ3n) is 3.29. The predicted octanol–water partition coefficient (Wildman–Crippen LogP) is 6.08. The molecule has 0 amide bonds. The molecule has 2 aromatic carbocycles. The van der Waals surface area contributed by atoms with Crippen molar-refractivity contribution in [2.45, 2.75) is 39.5 Å². The first kappa shape index (κ1) is 17.2. The summed E-state index contributed by atoms with van der Waals surface area (Å²) in [6.45, 7) is 5.66. The van der Waals surface area contributed by atoms with Crippen molar-refractivity contribution in [2.24, 2.45) is 0 Å². The Balaban J connectivity index is 1.99. The van der Waals surface area contributed by atoms with Gasteiger partial charge in [-0.25, -0.2) is 0 Å². The van der Waals surface area contributed by atoms with Gasteiger partial charge < -0.3 is 13.6 Å². The Labute approximate surface area is 134 Å². The van der Waals surface area contributed by atoms with Crippen LogP contribution in [0.1, 0.15) is 39.5 Å². The smallest absolute Gasteiger partial charge is 0.397 e. The molecule has 3 nitrogen and oxygen atoms in total. The van der Waals surface area contributed by atoms with E-state index in [1.54, 1.807) is 0 Å². The lowest BCUT2D eigenvalue weighted by molar-refractivity contribution is 0.201. The predicted molar refractivity (Wildman–Crippen MR) is 93.2 cm³/mol. The zero-order valence-electron chi connectivity index (χ0n) is 13.5. The van der Waals surface area contributed by atoms with E-state index in [1.165, 1.54) is 5.39 Å². The molecule has 0 aliphatic carbocycles. The zero-order valence-corrected chi connectivity index (χ0v) is 14.4. The zero-order chi connectivity index (χ0) is 15.6. The molecule has 0 atom stereocenters. The number of hydrogen-bond donors (Lipinski definition) is 0. The second-order valence-electron chi connectivity index (χ2n) is 5.20. The highest BCUT2D eigenvalue weighted by atomic mass is 31.2. The van der Waals surface area contributed by atoms with Crippen molar-refractivity contribution in [3.8, 4) is 5.75 Å². The fraction of sp³-hybridized carbons (Fsp3) is 0.444. The maximum absolute atomic E-state index is 5.94. The van der Waals surface area contributed by atoms with Crippen LogP contribution in [0.2, 0.25) is 0 Å². The highest BCUT2D eigenvalue weighted by Gasteiger charge is 2.14. The second kappa shape index (κ2) is 9.78. The Bertz CT molecular complexity index is 549. The van der Waals surface area contributed by atoms with Crippen molar-refractivity contribution in [3.05, 3.63) is 42.5 Å². The lowest BCUT2D eigenvalue weighted by atomic mass is 10.1. The van der Waals surface area contributed by atoms with Gasteiger partial charge in [-0.1, -0.05) is 57.0 Å². The van der Waals surface area contributed by atoms with E-state index in [4.69, 9.17) is 13.6 Å². The van der Waals surface area contributed by atoms with Crippen LogP contribution in [0, 0.1) is 0 Å². The lowest BCUT2D eigenvalue weighted by Gasteiger charge is -2.17. The van der Waals surface area contributed by atoms with Gasteiger partial charge >= 0.3 is 8.60 Å². The number of fused-ring (bicyclic) bond motifs is 1. The first-order valence-electron chi connectivity index (χ1n) is 8.06. The summed E-state index contributed by atoms with van der Waals surface area (Å²) in [6, 6.07) is 14.3. The molecule has 0 aromatic heterocycles. The third-order valence-corrected chi connectivity index (χ3v) is 4.44. The Morgan fingerprint density at radius 2 is 1.45 bits per heavy atom. The van der Waals surface area contributed by atoms with E-state index in [1.807, 2.05) is 24.3 Å². The van der Waals surface area contributed by atoms with Crippen LogP contribution in [0.5, 0.6) is 5.75 Å². The van der Waals surface area contributed by atoms with E-state index in [2.05, 4.69) is 32.0 Å². The standard InChI is InChI=1S/C18H25O3P/c1-3-5-13-19-22(20-14-6-4-2)21-18-12-11-16-9-7-8-10-17(16)15-18/h7-12,15H,3-6,13-14H2,1-2H3. The van der Waals surface area contributed by atoms with Crippen molar-refractivity contribution in [1.29, 1.82) is 0 Å². The summed E-state index contributed by atoms with van der Waals surface area (Å²) in [5, 5.41) is 2.37. The Hall–Kier alpha value is -1.15. The Morgan fingerprint density at radius 3 is 2.09 bits per heavy atom. The number of benzene rings is 2. The van der Waals surface area contributed by atoms with Crippen LogP contribution in [-0.4, -0.2) is 13.2 Å². The molecule has 22 heavy (non-hydrogen) atoms. The van der Waals surface area contributed by atoms with Crippen LogP contribution in [-0.2, 0) is 9.05 Å². The van der Waals surface area contributed by atoms with E-state index in [-0.39, 0.29) is 0 Å². The second-order valence-corrected chi connectivity index (χ2v) is 6.34. The highest BCUT2D eigenvalue weighted by Crippen LogP contribution is 2.41. The van der Waals surface area contributed by atoms with Crippen molar-refractivity contribution in [1.82, 2.24) is 0 Å². The minimum Gasteiger partial charge on any atom is -0.427 e. The van der Waals surface area contributed by atoms with Gasteiger partial charge in [0.1, 0.15) is 5.75 Å². The summed E-state index contributed by atoms with van der Waals surface area (Å²) in [5.41, 5.74) is 0. The molecule has 0 aliphatic rings. The van der Waals surface area contributed by atoms with E-state index >= 15 is 0 Å². The average molecular weight is 320 g/mol. The molecule has 0 saturated heterocycles. The van der Waals surface area contributed by atoms with Crippen molar-refractivity contribution >= 4 is 19.4 Å². The molecule has 2 aromatic rings. The van der Waals surface area contributed by atoms with Gasteiger partial charge in [0.15, 0.2) is 0 Å². The first-order valence-corrected chi connectivity index (χ1v) is 9.15. The molecule has 0 aliphatic heterocycles. The highest BCUT2D eigenvalue weighted by molar-refractivity contribution is 7.42. The lowest BCUT2D eigenvalue weighted by Crippen LogP contribution is -2.00. The number of hydrogen-bond acceptors (Lipinski definition) is 3. The van der Waals surface area contributed by atoms with Gasteiger partial charge in [-0.05, 0) is 35.7 Å². The van der Waals surface area contributed by atoms with Crippen molar-refractivity contribution in [2.75, 3.05) is 13.2 Å². The monoisotopic (exact) mass is 320 g/mol. The molecule has 120 valence electrons. The summed E-state index contributed by atoms with van der Waals surface area (Å²) in [5.74, 6) is 0.804. The van der Waals surface area contributed by atoms with Gasteiger partial charge in [-0.2, -0.15) is 0 Å². The van der Waals surface area contributed by atoms with Gasteiger partial charge in [-0.3, -0.25) is 0 Å². The van der Waals surface area contributed by atoms with Crippen LogP contribution >= 0.6 is 8.60 Å². The van der Waals surface area contributed by atoms with Crippen molar-refractivity contribution < 1.29 is 13.6 Å². The molecule has 0 radical (unpaired) electrons. The third kappa shape index (κ3) is 5.57. The van der Waals surface area contributed by atoms with Gasteiger partial charge in [0, 0.05) is 0 Å². The summed E-state index contributed by atoms with van der Waals surface area (Å²) < 4.78 is 17.5. The largest absolute Gasteiger partial charge is 0.427 e. The van der Waals surface area contributed by atoms with Crippen LogP contribution in [0.25, 0.3) is 10.8 Å². The Kier molecular flexibility index (Phi) is 7.65. The quantitative estimate of drug-likeness (QED) is 0.392. The molecule has 0 bridgehead atoms. The average Bonchev–Trinajstić information content (AvgIpc) is 2.55. The van der Waals surface area contributed by atoms with Crippen LogP contribution in [0.3, 0.4) is 0 Å². The fourth-order valence-electron chi connectivity index (χ4n) is 1.97. The van der Waals surface area contributed by atoms with E-state index in [0.29, 0.717) is 13.2 Å². The van der Waals surface area contributed by atoms with Gasteiger partial charge in [0.25, 0.3) is 0 Å². The molecule has 2 rings (SSSR count). The molecule has 0 heterocycles. The number of rotatable bonds is 10. The normalized spacial score (nSPS) is 11.2. The van der Waals surface area contributed by atoms with Gasteiger partial charge in [0.05, 0.1) is 13.2 Å². The summed E-state index contributed by atoms with van der Waals surface area (Å²) in [4.78, 5) is 0. The van der Waals surface area contributed by atoms with Gasteiger partial charge in [0.2, 0.25) is 0 Å². The minimum absolute atomic E-state index is 0.682. The van der Waals surface area contributed by atoms with E-state index < -0.39 is 8.60 Å². The summed E-state index contributed by atoms with van der Waals surface area (Å²) >= 11 is 0. The molecule has 0 saturated carbocycles. The van der Waals surface area contributed by atoms with Crippen LogP contribution < -0.4 is 4.52 Å². The van der Waals surface area contributed by atoms with Crippen molar-refractivity contribution in [3.63, 3.8) is 0 Å². The number of unbranched alkanes of at least 4 members (excludes halogenated alkanes) is 2. The maximum atomic E-state index is 5.94. The van der Waals surface area contributed by atoms with E-state index in [9.17, 15) is 0 Å². The molecular weight excluding hydrogens is 295 g/mol.